The van der Waals surface area contributed by atoms with Crippen molar-refractivity contribution in [2.24, 2.45) is 5.92 Å². The first kappa shape index (κ1) is 36.9. The molecule has 2 unspecified atom stereocenters. The number of hydrazine groups is 2. The van der Waals surface area contributed by atoms with E-state index in [0.29, 0.717) is 65.3 Å². The monoisotopic (exact) mass is 544 g/mol. The van der Waals surface area contributed by atoms with E-state index in [0.717, 1.165) is 44.3 Å². The molecular formula is C29H60N4O5. The topological polar surface area (TPSA) is 102 Å². The second-order valence-electron chi connectivity index (χ2n) is 10.3. The summed E-state index contributed by atoms with van der Waals surface area (Å²) in [6.45, 7) is 21.9. The Morgan fingerprint density at radius 3 is 1.87 bits per heavy atom. The van der Waals surface area contributed by atoms with Crippen molar-refractivity contribution in [2.75, 3.05) is 59.4 Å². The maximum Gasteiger partial charge on any atom is 0.137 e. The molecule has 0 aliphatic rings. The Morgan fingerprint density at radius 1 is 0.816 bits per heavy atom. The number of Topliss-reactive ketones (excluding diaryl/α,β-unsaturated/α-hetero) is 1. The molecule has 0 bridgehead atoms. The van der Waals surface area contributed by atoms with E-state index in [2.05, 4.69) is 56.0 Å². The number of ether oxygens (including phenoxy) is 4. The van der Waals surface area contributed by atoms with Crippen LogP contribution < -0.4 is 21.7 Å². The summed E-state index contributed by atoms with van der Waals surface area (Å²) in [5.41, 5.74) is 10.5. The number of nitrogens with one attached hydrogen (secondary N) is 4. The van der Waals surface area contributed by atoms with Crippen LogP contribution in [0.1, 0.15) is 92.9 Å². The lowest BCUT2D eigenvalue weighted by molar-refractivity contribution is -0.123. The highest BCUT2D eigenvalue weighted by atomic mass is 16.6. The number of hydrogen-bond acceptors (Lipinski definition) is 9. The van der Waals surface area contributed by atoms with E-state index in [-0.39, 0.29) is 17.2 Å². The van der Waals surface area contributed by atoms with Crippen molar-refractivity contribution in [2.45, 2.75) is 104 Å². The van der Waals surface area contributed by atoms with Crippen LogP contribution >= 0.6 is 0 Å². The highest BCUT2D eigenvalue weighted by Gasteiger charge is 2.27. The quantitative estimate of drug-likeness (QED) is 0.0811. The summed E-state index contributed by atoms with van der Waals surface area (Å²) < 4.78 is 22.0. The van der Waals surface area contributed by atoms with Crippen molar-refractivity contribution >= 4 is 5.78 Å². The summed E-state index contributed by atoms with van der Waals surface area (Å²) in [6, 6.07) is 0.551. The minimum absolute atomic E-state index is 0.0698. The normalized spacial score (nSPS) is 14.0. The van der Waals surface area contributed by atoms with Crippen LogP contribution in [0.3, 0.4) is 0 Å². The zero-order chi connectivity index (χ0) is 28.5. The third-order valence-electron chi connectivity index (χ3n) is 6.66. The lowest BCUT2D eigenvalue weighted by atomic mass is 9.85. The van der Waals surface area contributed by atoms with E-state index in [9.17, 15) is 4.79 Å². The third kappa shape index (κ3) is 20.8. The molecule has 0 rings (SSSR count). The number of rotatable bonds is 29. The fraction of sp³-hybridized carbons (Fsp3) is 0.897. The Bertz CT molecular complexity index is 579. The van der Waals surface area contributed by atoms with Gasteiger partial charge in [0.25, 0.3) is 0 Å². The molecule has 0 aromatic heterocycles. The first-order valence-corrected chi connectivity index (χ1v) is 14.8. The zero-order valence-electron chi connectivity index (χ0n) is 25.4. The van der Waals surface area contributed by atoms with E-state index in [1.165, 1.54) is 12.8 Å². The molecule has 0 amide bonds. The van der Waals surface area contributed by atoms with Gasteiger partial charge in [0.15, 0.2) is 0 Å². The van der Waals surface area contributed by atoms with Crippen molar-refractivity contribution in [1.82, 2.24) is 21.7 Å². The Morgan fingerprint density at radius 2 is 1.37 bits per heavy atom. The number of carbonyl (C=O) groups is 1. The average Bonchev–Trinajstić information content (AvgIpc) is 2.90. The summed E-state index contributed by atoms with van der Waals surface area (Å²) in [7, 11) is 0. The van der Waals surface area contributed by atoms with E-state index in [1.807, 2.05) is 13.8 Å². The van der Waals surface area contributed by atoms with Gasteiger partial charge in [-0.1, -0.05) is 47.6 Å². The van der Waals surface area contributed by atoms with Crippen molar-refractivity contribution < 1.29 is 23.7 Å². The third-order valence-corrected chi connectivity index (χ3v) is 6.66. The van der Waals surface area contributed by atoms with Crippen LogP contribution in [-0.2, 0) is 23.7 Å². The van der Waals surface area contributed by atoms with Gasteiger partial charge in [0.1, 0.15) is 5.78 Å². The lowest BCUT2D eigenvalue weighted by Gasteiger charge is -2.37. The fourth-order valence-corrected chi connectivity index (χ4v) is 4.02. The number of ketones is 1. The zero-order valence-corrected chi connectivity index (χ0v) is 25.4. The van der Waals surface area contributed by atoms with Gasteiger partial charge < -0.3 is 29.7 Å². The molecule has 0 saturated heterocycles. The van der Waals surface area contributed by atoms with Gasteiger partial charge in [0.05, 0.1) is 52.9 Å². The van der Waals surface area contributed by atoms with Gasteiger partial charge in [0, 0.05) is 42.6 Å². The van der Waals surface area contributed by atoms with E-state index < -0.39 is 0 Å². The lowest BCUT2D eigenvalue weighted by Crippen LogP contribution is -2.49. The van der Waals surface area contributed by atoms with Gasteiger partial charge in [-0.3, -0.25) is 4.79 Å². The molecule has 4 N–H and O–H groups in total. The minimum Gasteiger partial charge on any atom is -0.379 e. The minimum atomic E-state index is 0.0698. The number of carbonyl (C=O) groups excluding carboxylic acids is 1. The molecule has 0 aromatic rings. The molecule has 0 fully saturated rings. The molecule has 0 aromatic carbocycles. The molecule has 38 heavy (non-hydrogen) atoms. The van der Waals surface area contributed by atoms with Gasteiger partial charge in [-0.15, -0.1) is 0 Å². The molecule has 0 aliphatic heterocycles. The molecule has 226 valence electrons. The smallest absolute Gasteiger partial charge is 0.137 e. The van der Waals surface area contributed by atoms with Gasteiger partial charge in [-0.25, -0.2) is 5.43 Å². The maximum atomic E-state index is 11.5. The van der Waals surface area contributed by atoms with Crippen molar-refractivity contribution in [3.05, 3.63) is 12.3 Å². The molecule has 0 heterocycles. The second-order valence-corrected chi connectivity index (χ2v) is 10.3. The maximum absolute atomic E-state index is 11.5. The van der Waals surface area contributed by atoms with Gasteiger partial charge in [0.2, 0.25) is 0 Å². The Balaban J connectivity index is 3.56. The highest BCUT2D eigenvalue weighted by Crippen LogP contribution is 2.24. The standard InChI is InChI=1S/C29H60N4O5/c1-8-14-29(10-3,31-26(6)9-2)15-11-16-30-33-32-27(7)12-17-35-19-21-37-23-24-38-22-20-36-18-13-28(34)25(4)5/h25-26,30-33H,7-24H2,1-6H3. The molecule has 0 spiro atoms. The summed E-state index contributed by atoms with van der Waals surface area (Å²) >= 11 is 0. The average molecular weight is 545 g/mol. The first-order valence-electron chi connectivity index (χ1n) is 14.8. The van der Waals surface area contributed by atoms with Gasteiger partial charge in [-0.05, 0) is 39.0 Å². The summed E-state index contributed by atoms with van der Waals surface area (Å²) in [6.07, 6.45) is 8.18. The van der Waals surface area contributed by atoms with E-state index >= 15 is 0 Å². The molecular weight excluding hydrogens is 484 g/mol. The van der Waals surface area contributed by atoms with Gasteiger partial charge in [-0.2, -0.15) is 5.53 Å². The van der Waals surface area contributed by atoms with Crippen LogP contribution in [0.15, 0.2) is 12.3 Å². The number of hydrogen-bond donors (Lipinski definition) is 4. The van der Waals surface area contributed by atoms with Crippen molar-refractivity contribution in [3.63, 3.8) is 0 Å². The van der Waals surface area contributed by atoms with Crippen molar-refractivity contribution in [3.8, 4) is 0 Å². The van der Waals surface area contributed by atoms with Crippen LogP contribution in [0.25, 0.3) is 0 Å². The van der Waals surface area contributed by atoms with E-state index in [1.54, 1.807) is 0 Å². The fourth-order valence-electron chi connectivity index (χ4n) is 4.02. The Labute approximate surface area is 233 Å². The molecule has 0 radical (unpaired) electrons. The molecule has 0 aliphatic carbocycles. The molecule has 0 saturated carbocycles. The van der Waals surface area contributed by atoms with Crippen LogP contribution in [-0.4, -0.2) is 76.8 Å². The summed E-state index contributed by atoms with van der Waals surface area (Å²) in [5.74, 6) is 0.299. The predicted molar refractivity (Wildman–Crippen MR) is 156 cm³/mol. The second kappa shape index (κ2) is 24.9. The van der Waals surface area contributed by atoms with Crippen LogP contribution in [0.5, 0.6) is 0 Å². The van der Waals surface area contributed by atoms with Crippen molar-refractivity contribution in [1.29, 1.82) is 0 Å². The predicted octanol–water partition coefficient (Wildman–Crippen LogP) is 4.29. The molecule has 2 atom stereocenters. The van der Waals surface area contributed by atoms with E-state index in [4.69, 9.17) is 18.9 Å². The summed E-state index contributed by atoms with van der Waals surface area (Å²) in [5, 5.41) is 3.88. The van der Waals surface area contributed by atoms with Gasteiger partial charge >= 0.3 is 0 Å². The highest BCUT2D eigenvalue weighted by molar-refractivity contribution is 5.80. The summed E-state index contributed by atoms with van der Waals surface area (Å²) in [4.78, 5) is 11.5. The van der Waals surface area contributed by atoms with Crippen LogP contribution in [0.2, 0.25) is 0 Å². The SMILES string of the molecule is C=C(CCOCCOCCOCCOCCC(=O)C(C)C)NNNCCCC(CC)(CCC)NC(C)CC. The molecule has 9 heteroatoms. The van der Waals surface area contributed by atoms with Crippen LogP contribution in [0, 0.1) is 5.92 Å². The Kier molecular flexibility index (Phi) is 24.2. The Hall–Kier alpha value is -1.07. The van der Waals surface area contributed by atoms with Crippen LogP contribution in [0.4, 0.5) is 0 Å². The first-order chi connectivity index (χ1) is 18.3. The largest absolute Gasteiger partial charge is 0.379 e. The molecule has 9 nitrogen and oxygen atoms in total.